The fourth-order valence-corrected chi connectivity index (χ4v) is 6.00. The van der Waals surface area contributed by atoms with E-state index in [1.165, 1.54) is 12.4 Å². The van der Waals surface area contributed by atoms with Gasteiger partial charge in [-0.3, -0.25) is 4.79 Å². The van der Waals surface area contributed by atoms with Gasteiger partial charge in [0.2, 0.25) is 0 Å². The number of rotatable bonds is 4. The number of amides is 2. The third-order valence-electron chi connectivity index (χ3n) is 7.32. The van der Waals surface area contributed by atoms with Crippen molar-refractivity contribution in [2.24, 2.45) is 11.3 Å². The summed E-state index contributed by atoms with van der Waals surface area (Å²) in [4.78, 5) is 32.6. The van der Waals surface area contributed by atoms with Crippen LogP contribution in [0.5, 0.6) is 0 Å². The van der Waals surface area contributed by atoms with E-state index < -0.39 is 17.6 Å². The van der Waals surface area contributed by atoms with E-state index in [9.17, 15) is 22.8 Å². The maximum Gasteiger partial charge on any atom is 0.417 e. The number of hydrogen-bond donors (Lipinski definition) is 1. The highest BCUT2D eigenvalue weighted by molar-refractivity contribution is 7.17. The lowest BCUT2D eigenvalue weighted by atomic mass is 9.72. The Kier molecular flexibility index (Phi) is 5.65. The average molecular weight is 497 g/mol. The topological polar surface area (TPSA) is 74.8 Å². The van der Waals surface area contributed by atoms with Crippen LogP contribution in [-0.2, 0) is 10.9 Å². The number of likely N-dealkylation sites (tertiary alicyclic amines) is 1. The molecule has 0 bridgehead atoms. The molecule has 0 radical (unpaired) electrons. The van der Waals surface area contributed by atoms with Crippen molar-refractivity contribution >= 4 is 39.4 Å². The standard InChI is InChI=1S/C23H27F3N4O3S/c1-13(14-3-4-14)33-21(32)30-11-22(12-30)5-7-29(8-6-22)17-9-16(23(24,25)26)19-18(28-17)15(10-34-19)20(31)27-2/h9-10,13-14H,3-8,11-12H2,1-2H3,(H,27,31)/t13-/m0/s1. The molecule has 2 aromatic heterocycles. The van der Waals surface area contributed by atoms with E-state index in [2.05, 4.69) is 10.3 Å². The zero-order valence-corrected chi connectivity index (χ0v) is 19.9. The molecule has 4 heterocycles. The second-order valence-corrected chi connectivity index (χ2v) is 10.6. The first-order chi connectivity index (χ1) is 16.1. The molecule has 34 heavy (non-hydrogen) atoms. The van der Waals surface area contributed by atoms with Crippen LogP contribution >= 0.6 is 11.3 Å². The fourth-order valence-electron chi connectivity index (χ4n) is 4.98. The third-order valence-corrected chi connectivity index (χ3v) is 8.32. The Morgan fingerprint density at radius 3 is 2.53 bits per heavy atom. The number of carbonyl (C=O) groups is 2. The van der Waals surface area contributed by atoms with Crippen molar-refractivity contribution in [1.29, 1.82) is 0 Å². The summed E-state index contributed by atoms with van der Waals surface area (Å²) in [7, 11) is 1.44. The summed E-state index contributed by atoms with van der Waals surface area (Å²) in [5.74, 6) is 0.257. The Hall–Kier alpha value is -2.56. The van der Waals surface area contributed by atoms with E-state index in [1.807, 2.05) is 11.8 Å². The van der Waals surface area contributed by atoms with E-state index in [0.29, 0.717) is 32.1 Å². The molecular formula is C23H27F3N4O3S. The van der Waals surface area contributed by atoms with Crippen LogP contribution in [-0.4, -0.2) is 61.2 Å². The number of nitrogens with one attached hydrogen (secondary N) is 1. The zero-order chi connectivity index (χ0) is 24.3. The first-order valence-electron chi connectivity index (χ1n) is 11.5. The van der Waals surface area contributed by atoms with Crippen molar-refractivity contribution in [2.45, 2.75) is 44.9 Å². The van der Waals surface area contributed by atoms with Crippen LogP contribution in [0.2, 0.25) is 0 Å². The molecule has 184 valence electrons. The minimum atomic E-state index is -4.55. The van der Waals surface area contributed by atoms with Crippen LogP contribution in [0, 0.1) is 11.3 Å². The summed E-state index contributed by atoms with van der Waals surface area (Å²) in [6, 6.07) is 1.09. The van der Waals surface area contributed by atoms with Gasteiger partial charge in [-0.25, -0.2) is 9.78 Å². The van der Waals surface area contributed by atoms with E-state index >= 15 is 0 Å². The Balaban J connectivity index is 1.29. The predicted molar refractivity (Wildman–Crippen MR) is 122 cm³/mol. The molecule has 5 rings (SSSR count). The molecule has 7 nitrogen and oxygen atoms in total. The summed E-state index contributed by atoms with van der Waals surface area (Å²) in [6.45, 7) is 4.24. The first kappa shape index (κ1) is 23.2. The third kappa shape index (κ3) is 4.18. The highest BCUT2D eigenvalue weighted by Gasteiger charge is 2.48. The Labute approximate surface area is 199 Å². The lowest BCUT2D eigenvalue weighted by molar-refractivity contribution is -0.136. The Bertz CT molecular complexity index is 1110. The summed E-state index contributed by atoms with van der Waals surface area (Å²) in [6.07, 6.45) is -1.14. The van der Waals surface area contributed by atoms with Crippen molar-refractivity contribution < 1.29 is 27.5 Å². The lowest BCUT2D eigenvalue weighted by Gasteiger charge is -2.53. The van der Waals surface area contributed by atoms with E-state index in [4.69, 9.17) is 4.74 Å². The molecule has 2 aromatic rings. The molecule has 2 aliphatic heterocycles. The zero-order valence-electron chi connectivity index (χ0n) is 19.1. The van der Waals surface area contributed by atoms with Gasteiger partial charge in [0, 0.05) is 44.0 Å². The molecule has 2 saturated heterocycles. The summed E-state index contributed by atoms with van der Waals surface area (Å²) < 4.78 is 47.0. The average Bonchev–Trinajstić information content (AvgIpc) is 3.55. The van der Waals surface area contributed by atoms with Crippen molar-refractivity contribution in [3.05, 3.63) is 22.6 Å². The van der Waals surface area contributed by atoms with Crippen molar-refractivity contribution in [3.63, 3.8) is 0 Å². The monoisotopic (exact) mass is 496 g/mol. The van der Waals surface area contributed by atoms with Crippen molar-refractivity contribution in [1.82, 2.24) is 15.2 Å². The number of anilines is 1. The number of piperidine rings is 1. The molecular weight excluding hydrogens is 469 g/mol. The second kappa shape index (κ2) is 8.28. The predicted octanol–water partition coefficient (Wildman–Crippen LogP) is 4.51. The van der Waals surface area contributed by atoms with Gasteiger partial charge in [0.15, 0.2) is 0 Å². The van der Waals surface area contributed by atoms with E-state index in [0.717, 1.165) is 43.1 Å². The van der Waals surface area contributed by atoms with Gasteiger partial charge in [0.05, 0.1) is 21.3 Å². The molecule has 1 N–H and O–H groups in total. The minimum absolute atomic E-state index is 0.0229. The van der Waals surface area contributed by atoms with Crippen LogP contribution in [0.25, 0.3) is 10.2 Å². The number of halogens is 3. The van der Waals surface area contributed by atoms with Gasteiger partial charge in [0.1, 0.15) is 11.9 Å². The van der Waals surface area contributed by atoms with Crippen LogP contribution < -0.4 is 10.2 Å². The number of ether oxygens (including phenoxy) is 1. The number of aromatic nitrogens is 1. The fraction of sp³-hybridized carbons (Fsp3) is 0.609. The normalized spacial score (nSPS) is 20.9. The number of thiophene rings is 1. The molecule has 0 aromatic carbocycles. The smallest absolute Gasteiger partial charge is 0.417 e. The van der Waals surface area contributed by atoms with Gasteiger partial charge in [-0.05, 0) is 44.6 Å². The molecule has 1 spiro atoms. The highest BCUT2D eigenvalue weighted by Crippen LogP contribution is 2.44. The van der Waals surface area contributed by atoms with Gasteiger partial charge in [-0.1, -0.05) is 0 Å². The van der Waals surface area contributed by atoms with Gasteiger partial charge < -0.3 is 19.9 Å². The van der Waals surface area contributed by atoms with Crippen LogP contribution in [0.1, 0.15) is 48.5 Å². The highest BCUT2D eigenvalue weighted by atomic mass is 32.1. The Morgan fingerprint density at radius 2 is 1.94 bits per heavy atom. The van der Waals surface area contributed by atoms with E-state index in [-0.39, 0.29) is 39.2 Å². The SMILES string of the molecule is CNC(=O)c1csc2c(C(F)(F)F)cc(N3CCC4(CC3)CN(C(=O)O[C@@H](C)C3CC3)C4)nc12. The number of fused-ring (bicyclic) bond motifs is 1. The first-order valence-corrected chi connectivity index (χ1v) is 12.4. The summed E-state index contributed by atoms with van der Waals surface area (Å²) in [5.41, 5.74) is -0.561. The van der Waals surface area contributed by atoms with Crippen LogP contribution in [0.15, 0.2) is 11.4 Å². The van der Waals surface area contributed by atoms with E-state index in [1.54, 1.807) is 4.90 Å². The molecule has 1 atom stereocenters. The molecule has 1 saturated carbocycles. The minimum Gasteiger partial charge on any atom is -0.446 e. The van der Waals surface area contributed by atoms with Crippen molar-refractivity contribution in [3.8, 4) is 0 Å². The number of carbonyl (C=O) groups excluding carboxylic acids is 2. The molecule has 0 unspecified atom stereocenters. The second-order valence-electron chi connectivity index (χ2n) is 9.70. The number of hydrogen-bond acceptors (Lipinski definition) is 6. The molecule has 11 heteroatoms. The molecule has 3 aliphatic rings. The maximum absolute atomic E-state index is 13.8. The molecule has 3 fully saturated rings. The maximum atomic E-state index is 13.8. The van der Waals surface area contributed by atoms with Gasteiger partial charge in [-0.2, -0.15) is 13.2 Å². The molecule has 2 amide bonds. The van der Waals surface area contributed by atoms with Crippen LogP contribution in [0.3, 0.4) is 0 Å². The summed E-state index contributed by atoms with van der Waals surface area (Å²) in [5, 5.41) is 3.89. The quantitative estimate of drug-likeness (QED) is 0.674. The number of nitrogens with zero attached hydrogens (tertiary/aromatic N) is 3. The lowest BCUT2D eigenvalue weighted by Crippen LogP contribution is -2.62. The largest absolute Gasteiger partial charge is 0.446 e. The molecule has 1 aliphatic carbocycles. The van der Waals surface area contributed by atoms with Gasteiger partial charge >= 0.3 is 12.3 Å². The van der Waals surface area contributed by atoms with Gasteiger partial charge in [0.25, 0.3) is 5.91 Å². The number of alkyl halides is 3. The van der Waals surface area contributed by atoms with Crippen molar-refractivity contribution in [2.75, 3.05) is 38.1 Å². The number of pyridine rings is 1. The summed E-state index contributed by atoms with van der Waals surface area (Å²) >= 11 is 0.880. The van der Waals surface area contributed by atoms with Crippen LogP contribution in [0.4, 0.5) is 23.8 Å². The van der Waals surface area contributed by atoms with Gasteiger partial charge in [-0.15, -0.1) is 11.3 Å². The Morgan fingerprint density at radius 1 is 1.26 bits per heavy atom.